The van der Waals surface area contributed by atoms with Crippen LogP contribution in [0.25, 0.3) is 0 Å². The van der Waals surface area contributed by atoms with Gasteiger partial charge in [-0.3, -0.25) is 4.79 Å². The monoisotopic (exact) mass is 396 g/mol. The summed E-state index contributed by atoms with van der Waals surface area (Å²) in [6.45, 7) is 5.63. The van der Waals surface area contributed by atoms with Crippen molar-refractivity contribution in [2.75, 3.05) is 25.5 Å². The highest BCUT2D eigenvalue weighted by Gasteiger charge is 2.26. The first-order valence-corrected chi connectivity index (χ1v) is 9.69. The smallest absolute Gasteiger partial charge is 0.254 e. The van der Waals surface area contributed by atoms with Gasteiger partial charge in [0, 0.05) is 24.3 Å². The Labute approximate surface area is 171 Å². The molecule has 1 fully saturated rings. The first kappa shape index (κ1) is 20.7. The van der Waals surface area contributed by atoms with Gasteiger partial charge in [0.05, 0.1) is 25.9 Å². The predicted molar refractivity (Wildman–Crippen MR) is 114 cm³/mol. The van der Waals surface area contributed by atoms with Crippen LogP contribution in [-0.4, -0.2) is 49.2 Å². The molecular weight excluding hydrogens is 368 g/mol. The summed E-state index contributed by atoms with van der Waals surface area (Å²) in [4.78, 5) is 18.9. The maximum Gasteiger partial charge on any atom is 0.254 e. The zero-order valence-corrected chi connectivity index (χ0v) is 17.1. The number of anilines is 1. The SMILES string of the molecule is COc1ccc(NC(N)=NCc2ccc(C(=O)N3CC(C)OC(C)C3)cc2)cc1. The second-order valence-corrected chi connectivity index (χ2v) is 7.22. The first-order chi connectivity index (χ1) is 13.9. The Hall–Kier alpha value is -3.06. The van der Waals surface area contributed by atoms with Crippen LogP contribution in [0.1, 0.15) is 29.8 Å². The van der Waals surface area contributed by atoms with Crippen LogP contribution in [0, 0.1) is 0 Å². The van der Waals surface area contributed by atoms with E-state index in [2.05, 4.69) is 10.3 Å². The molecule has 29 heavy (non-hydrogen) atoms. The molecule has 3 N–H and O–H groups in total. The third-order valence-corrected chi connectivity index (χ3v) is 4.70. The summed E-state index contributed by atoms with van der Waals surface area (Å²) < 4.78 is 10.8. The third kappa shape index (κ3) is 5.71. The van der Waals surface area contributed by atoms with Crippen molar-refractivity contribution < 1.29 is 14.3 Å². The Morgan fingerprint density at radius 2 is 1.76 bits per heavy atom. The van der Waals surface area contributed by atoms with Gasteiger partial charge >= 0.3 is 0 Å². The molecule has 2 unspecified atom stereocenters. The summed E-state index contributed by atoms with van der Waals surface area (Å²) >= 11 is 0. The number of nitrogens with two attached hydrogens (primary N) is 1. The van der Waals surface area contributed by atoms with Crippen molar-refractivity contribution in [3.8, 4) is 5.75 Å². The summed E-state index contributed by atoms with van der Waals surface area (Å²) in [5, 5.41) is 3.04. The first-order valence-electron chi connectivity index (χ1n) is 9.69. The van der Waals surface area contributed by atoms with Gasteiger partial charge in [-0.15, -0.1) is 0 Å². The Bertz CT molecular complexity index is 839. The fourth-order valence-corrected chi connectivity index (χ4v) is 3.32. The number of amides is 1. The van der Waals surface area contributed by atoms with E-state index in [0.717, 1.165) is 17.0 Å². The summed E-state index contributed by atoms with van der Waals surface area (Å²) in [6, 6.07) is 14.9. The van der Waals surface area contributed by atoms with Crippen molar-refractivity contribution in [3.63, 3.8) is 0 Å². The Balaban J connectivity index is 1.56. The second kappa shape index (κ2) is 9.43. The number of nitrogens with zero attached hydrogens (tertiary/aromatic N) is 2. The molecule has 2 aromatic carbocycles. The quantitative estimate of drug-likeness (QED) is 0.599. The Morgan fingerprint density at radius 1 is 1.14 bits per heavy atom. The molecule has 1 aliphatic heterocycles. The number of carbonyl (C=O) groups excluding carboxylic acids is 1. The van der Waals surface area contributed by atoms with Gasteiger partial charge in [0.15, 0.2) is 5.96 Å². The number of hydrogen-bond donors (Lipinski definition) is 2. The number of aliphatic imine (C=N–C) groups is 1. The number of benzene rings is 2. The van der Waals surface area contributed by atoms with E-state index in [9.17, 15) is 4.79 Å². The molecule has 154 valence electrons. The van der Waals surface area contributed by atoms with Crippen LogP contribution in [0.5, 0.6) is 5.75 Å². The lowest BCUT2D eigenvalue weighted by Gasteiger charge is -2.35. The lowest BCUT2D eigenvalue weighted by atomic mass is 10.1. The highest BCUT2D eigenvalue weighted by Crippen LogP contribution is 2.16. The average molecular weight is 396 g/mol. The van der Waals surface area contributed by atoms with Gasteiger partial charge in [-0.25, -0.2) is 4.99 Å². The number of methoxy groups -OCH3 is 1. The molecule has 1 saturated heterocycles. The van der Waals surface area contributed by atoms with Gasteiger partial charge < -0.3 is 25.4 Å². The fraction of sp³-hybridized carbons (Fsp3) is 0.364. The number of guanidine groups is 1. The van der Waals surface area contributed by atoms with E-state index in [1.54, 1.807) is 7.11 Å². The van der Waals surface area contributed by atoms with Crippen molar-refractivity contribution >= 4 is 17.6 Å². The number of nitrogens with one attached hydrogen (secondary N) is 1. The number of morpholine rings is 1. The van der Waals surface area contributed by atoms with E-state index in [1.807, 2.05) is 67.3 Å². The lowest BCUT2D eigenvalue weighted by Crippen LogP contribution is -2.48. The molecule has 7 heteroatoms. The predicted octanol–water partition coefficient (Wildman–Crippen LogP) is 2.87. The summed E-state index contributed by atoms with van der Waals surface area (Å²) in [5.41, 5.74) is 8.44. The van der Waals surface area contributed by atoms with E-state index < -0.39 is 0 Å². The van der Waals surface area contributed by atoms with Crippen molar-refractivity contribution in [2.45, 2.75) is 32.6 Å². The molecule has 1 aliphatic rings. The Morgan fingerprint density at radius 3 is 2.34 bits per heavy atom. The van der Waals surface area contributed by atoms with Crippen LogP contribution in [-0.2, 0) is 11.3 Å². The molecule has 1 amide bonds. The lowest BCUT2D eigenvalue weighted by molar-refractivity contribution is -0.0586. The summed E-state index contributed by atoms with van der Waals surface area (Å²) in [6.07, 6.45) is 0.106. The third-order valence-electron chi connectivity index (χ3n) is 4.70. The average Bonchev–Trinajstić information content (AvgIpc) is 2.72. The number of hydrogen-bond acceptors (Lipinski definition) is 4. The molecule has 0 spiro atoms. The van der Waals surface area contributed by atoms with E-state index in [4.69, 9.17) is 15.2 Å². The molecule has 0 bridgehead atoms. The maximum atomic E-state index is 12.7. The van der Waals surface area contributed by atoms with Crippen molar-refractivity contribution in [1.82, 2.24) is 4.90 Å². The van der Waals surface area contributed by atoms with E-state index in [-0.39, 0.29) is 18.1 Å². The van der Waals surface area contributed by atoms with Crippen LogP contribution >= 0.6 is 0 Å². The van der Waals surface area contributed by atoms with Gasteiger partial charge in [0.1, 0.15) is 5.75 Å². The maximum absolute atomic E-state index is 12.7. The molecular formula is C22H28N4O3. The van der Waals surface area contributed by atoms with Crippen LogP contribution in [0.4, 0.5) is 5.69 Å². The number of ether oxygens (including phenoxy) is 2. The largest absolute Gasteiger partial charge is 0.497 e. The topological polar surface area (TPSA) is 89.2 Å². The zero-order valence-electron chi connectivity index (χ0n) is 17.1. The van der Waals surface area contributed by atoms with Crippen molar-refractivity contribution in [1.29, 1.82) is 0 Å². The van der Waals surface area contributed by atoms with Crippen LogP contribution < -0.4 is 15.8 Å². The molecule has 0 aromatic heterocycles. The molecule has 0 saturated carbocycles. The second-order valence-electron chi connectivity index (χ2n) is 7.22. The van der Waals surface area contributed by atoms with Crippen molar-refractivity contribution in [2.24, 2.45) is 10.7 Å². The molecule has 2 aromatic rings. The van der Waals surface area contributed by atoms with Gasteiger partial charge in [0.2, 0.25) is 0 Å². The van der Waals surface area contributed by atoms with Crippen LogP contribution in [0.15, 0.2) is 53.5 Å². The van der Waals surface area contributed by atoms with Gasteiger partial charge in [0.25, 0.3) is 5.91 Å². The van der Waals surface area contributed by atoms with E-state index in [1.165, 1.54) is 0 Å². The summed E-state index contributed by atoms with van der Waals surface area (Å²) in [7, 11) is 1.62. The molecule has 1 heterocycles. The molecule has 7 nitrogen and oxygen atoms in total. The van der Waals surface area contributed by atoms with Crippen molar-refractivity contribution in [3.05, 3.63) is 59.7 Å². The standard InChI is InChI=1S/C22H28N4O3/c1-15-13-26(14-16(2)29-15)21(27)18-6-4-17(5-7-18)12-24-22(23)25-19-8-10-20(28-3)11-9-19/h4-11,15-16H,12-14H2,1-3H3,(H3,23,24,25). The molecule has 3 rings (SSSR count). The molecule has 2 atom stereocenters. The summed E-state index contributed by atoms with van der Waals surface area (Å²) in [5.74, 6) is 1.14. The van der Waals surface area contributed by atoms with E-state index >= 15 is 0 Å². The normalized spacial score (nSPS) is 19.7. The number of rotatable bonds is 5. The minimum atomic E-state index is 0.0303. The Kier molecular flexibility index (Phi) is 6.72. The van der Waals surface area contributed by atoms with Crippen LogP contribution in [0.2, 0.25) is 0 Å². The zero-order chi connectivity index (χ0) is 20.8. The van der Waals surface area contributed by atoms with Gasteiger partial charge in [-0.2, -0.15) is 0 Å². The fourth-order valence-electron chi connectivity index (χ4n) is 3.32. The molecule has 0 radical (unpaired) electrons. The highest BCUT2D eigenvalue weighted by molar-refractivity contribution is 5.94. The van der Waals surface area contributed by atoms with E-state index in [0.29, 0.717) is 31.2 Å². The van der Waals surface area contributed by atoms with Gasteiger partial charge in [-0.05, 0) is 55.8 Å². The minimum Gasteiger partial charge on any atom is -0.497 e. The molecule has 0 aliphatic carbocycles. The van der Waals surface area contributed by atoms with Gasteiger partial charge in [-0.1, -0.05) is 12.1 Å². The van der Waals surface area contributed by atoms with Crippen LogP contribution in [0.3, 0.4) is 0 Å². The minimum absolute atomic E-state index is 0.0303. The highest BCUT2D eigenvalue weighted by atomic mass is 16.5. The number of carbonyl (C=O) groups is 1.